The topological polar surface area (TPSA) is 68.0 Å². The quantitative estimate of drug-likeness (QED) is 0.852. The van der Waals surface area contributed by atoms with Crippen LogP contribution in [0.3, 0.4) is 0 Å². The first-order valence-electron chi connectivity index (χ1n) is 6.59. The van der Waals surface area contributed by atoms with E-state index in [0.29, 0.717) is 17.7 Å². The summed E-state index contributed by atoms with van der Waals surface area (Å²) in [5.41, 5.74) is 7.73. The second kappa shape index (κ2) is 7.02. The van der Waals surface area contributed by atoms with Crippen molar-refractivity contribution < 1.29 is 4.79 Å². The molecule has 0 spiro atoms. The van der Waals surface area contributed by atoms with Crippen LogP contribution >= 0.6 is 11.3 Å². The molecule has 0 aliphatic carbocycles. The number of pyridine rings is 1. The number of aryl methyl sites for hydroxylation is 2. The number of nitrogens with two attached hydrogens (primary N) is 1. The fourth-order valence-electron chi connectivity index (χ4n) is 1.84. The summed E-state index contributed by atoms with van der Waals surface area (Å²) in [4.78, 5) is 18.7. The molecule has 21 heavy (non-hydrogen) atoms. The molecule has 0 aliphatic heterocycles. The Morgan fingerprint density at radius 1 is 1.48 bits per heavy atom. The molecule has 0 aliphatic rings. The van der Waals surface area contributed by atoms with Crippen molar-refractivity contribution in [3.63, 3.8) is 0 Å². The Balaban J connectivity index is 2.10. The van der Waals surface area contributed by atoms with Gasteiger partial charge in [-0.15, -0.1) is 11.3 Å². The molecule has 0 unspecified atom stereocenters. The summed E-state index contributed by atoms with van der Waals surface area (Å²) in [7, 11) is 0. The van der Waals surface area contributed by atoms with Gasteiger partial charge in [0, 0.05) is 22.1 Å². The molecule has 0 bridgehead atoms. The van der Waals surface area contributed by atoms with Crippen molar-refractivity contribution in [1.82, 2.24) is 10.3 Å². The van der Waals surface area contributed by atoms with Gasteiger partial charge in [-0.1, -0.05) is 11.8 Å². The van der Waals surface area contributed by atoms with E-state index in [1.165, 1.54) is 10.4 Å². The summed E-state index contributed by atoms with van der Waals surface area (Å²) < 4.78 is 0. The molecule has 3 N–H and O–H groups in total. The average molecular weight is 299 g/mol. The van der Waals surface area contributed by atoms with Crippen molar-refractivity contribution in [2.45, 2.75) is 20.4 Å². The Bertz CT molecular complexity index is 690. The van der Waals surface area contributed by atoms with Gasteiger partial charge in [0.2, 0.25) is 0 Å². The third-order valence-electron chi connectivity index (χ3n) is 3.03. The van der Waals surface area contributed by atoms with Crippen molar-refractivity contribution in [3.05, 3.63) is 51.0 Å². The van der Waals surface area contributed by atoms with Gasteiger partial charge in [-0.3, -0.25) is 9.78 Å². The van der Waals surface area contributed by atoms with Gasteiger partial charge in [0.15, 0.2) is 0 Å². The summed E-state index contributed by atoms with van der Waals surface area (Å²) in [5, 5.41) is 2.92. The van der Waals surface area contributed by atoms with Crippen molar-refractivity contribution in [2.24, 2.45) is 5.73 Å². The summed E-state index contributed by atoms with van der Waals surface area (Å²) >= 11 is 1.70. The summed E-state index contributed by atoms with van der Waals surface area (Å²) in [5.74, 6) is 5.46. The third kappa shape index (κ3) is 3.91. The molecule has 2 aromatic rings. The van der Waals surface area contributed by atoms with Crippen LogP contribution in [0, 0.1) is 25.7 Å². The van der Waals surface area contributed by atoms with Crippen LogP contribution in [0.1, 0.15) is 31.2 Å². The normalized spacial score (nSPS) is 9.86. The Kier molecular flexibility index (Phi) is 5.09. The number of carbonyl (C=O) groups is 1. The number of hydrogen-bond donors (Lipinski definition) is 2. The Morgan fingerprint density at radius 3 is 2.95 bits per heavy atom. The van der Waals surface area contributed by atoms with Crippen LogP contribution in [0.2, 0.25) is 0 Å². The number of carbonyl (C=O) groups excluding carboxylic acids is 1. The molecule has 108 valence electrons. The van der Waals surface area contributed by atoms with Gasteiger partial charge in [-0.2, -0.15) is 0 Å². The van der Waals surface area contributed by atoms with E-state index in [2.05, 4.69) is 42.1 Å². The predicted molar refractivity (Wildman–Crippen MR) is 85.1 cm³/mol. The minimum Gasteiger partial charge on any atom is -0.347 e. The molecule has 0 radical (unpaired) electrons. The van der Waals surface area contributed by atoms with Gasteiger partial charge in [0.25, 0.3) is 5.91 Å². The highest BCUT2D eigenvalue weighted by molar-refractivity contribution is 7.12. The molecule has 1 amide bonds. The van der Waals surface area contributed by atoms with Crippen LogP contribution in [-0.4, -0.2) is 17.4 Å². The van der Waals surface area contributed by atoms with Crippen LogP contribution < -0.4 is 11.1 Å². The van der Waals surface area contributed by atoms with Crippen molar-refractivity contribution in [3.8, 4) is 11.8 Å². The SMILES string of the molecule is Cc1cc(CNC(=O)c2ccncc2C#CCN)sc1C. The molecule has 4 nitrogen and oxygen atoms in total. The van der Waals surface area contributed by atoms with E-state index < -0.39 is 0 Å². The van der Waals surface area contributed by atoms with E-state index >= 15 is 0 Å². The van der Waals surface area contributed by atoms with Crippen LogP contribution in [0.5, 0.6) is 0 Å². The minimum atomic E-state index is -0.151. The van der Waals surface area contributed by atoms with E-state index in [4.69, 9.17) is 5.73 Å². The Morgan fingerprint density at radius 2 is 2.29 bits per heavy atom. The summed E-state index contributed by atoms with van der Waals surface area (Å²) in [6.45, 7) is 4.92. The van der Waals surface area contributed by atoms with E-state index in [1.807, 2.05) is 0 Å². The molecule has 0 aromatic carbocycles. The maximum atomic E-state index is 12.3. The molecule has 0 saturated heterocycles. The van der Waals surface area contributed by atoms with Crippen LogP contribution in [0.25, 0.3) is 0 Å². The molecule has 5 heteroatoms. The standard InChI is InChI=1S/C16H17N3OS/c1-11-8-14(21-12(11)2)10-19-16(20)15-5-7-18-9-13(15)4-3-6-17/h5,7-9H,6,10,17H2,1-2H3,(H,19,20). The van der Waals surface area contributed by atoms with E-state index in [9.17, 15) is 4.79 Å². The zero-order valence-electron chi connectivity index (χ0n) is 12.1. The fourth-order valence-corrected chi connectivity index (χ4v) is 2.83. The highest BCUT2D eigenvalue weighted by Crippen LogP contribution is 2.20. The highest BCUT2D eigenvalue weighted by atomic mass is 32.1. The van der Waals surface area contributed by atoms with Gasteiger partial charge < -0.3 is 11.1 Å². The number of aromatic nitrogens is 1. The summed E-state index contributed by atoms with van der Waals surface area (Å²) in [6, 6.07) is 3.77. The molecule has 2 aromatic heterocycles. The van der Waals surface area contributed by atoms with Crippen molar-refractivity contribution >= 4 is 17.2 Å². The first-order chi connectivity index (χ1) is 10.1. The Hall–Kier alpha value is -2.16. The lowest BCUT2D eigenvalue weighted by molar-refractivity contribution is 0.0951. The van der Waals surface area contributed by atoms with Crippen molar-refractivity contribution in [1.29, 1.82) is 0 Å². The zero-order valence-corrected chi connectivity index (χ0v) is 12.9. The number of thiophene rings is 1. The fraction of sp³-hybridized carbons (Fsp3) is 0.250. The van der Waals surface area contributed by atoms with Crippen LogP contribution in [-0.2, 0) is 6.54 Å². The van der Waals surface area contributed by atoms with Gasteiger partial charge in [-0.25, -0.2) is 0 Å². The van der Waals surface area contributed by atoms with Gasteiger partial charge in [0.1, 0.15) is 0 Å². The lowest BCUT2D eigenvalue weighted by Gasteiger charge is -2.05. The van der Waals surface area contributed by atoms with Crippen LogP contribution in [0.15, 0.2) is 24.5 Å². The number of nitrogens with one attached hydrogen (secondary N) is 1. The molecular formula is C16H17N3OS. The van der Waals surface area contributed by atoms with Crippen molar-refractivity contribution in [2.75, 3.05) is 6.54 Å². The maximum Gasteiger partial charge on any atom is 0.252 e. The Labute approximate surface area is 128 Å². The average Bonchev–Trinajstić information content (AvgIpc) is 2.81. The second-order valence-electron chi connectivity index (χ2n) is 4.56. The molecule has 0 saturated carbocycles. The monoisotopic (exact) mass is 299 g/mol. The largest absolute Gasteiger partial charge is 0.347 e. The highest BCUT2D eigenvalue weighted by Gasteiger charge is 2.10. The maximum absolute atomic E-state index is 12.3. The number of nitrogens with zero attached hydrogens (tertiary/aromatic N) is 1. The van der Waals surface area contributed by atoms with E-state index in [0.717, 1.165) is 4.88 Å². The lowest BCUT2D eigenvalue weighted by atomic mass is 10.1. The lowest BCUT2D eigenvalue weighted by Crippen LogP contribution is -2.23. The second-order valence-corrected chi connectivity index (χ2v) is 5.90. The molecule has 2 rings (SSSR count). The molecule has 0 fully saturated rings. The first-order valence-corrected chi connectivity index (χ1v) is 7.40. The minimum absolute atomic E-state index is 0.151. The first kappa shape index (κ1) is 15.2. The predicted octanol–water partition coefficient (Wildman–Crippen LogP) is 2.00. The van der Waals surface area contributed by atoms with Crippen LogP contribution in [0.4, 0.5) is 0 Å². The van der Waals surface area contributed by atoms with Gasteiger partial charge in [-0.05, 0) is 31.5 Å². The smallest absolute Gasteiger partial charge is 0.252 e. The number of hydrogen-bond acceptors (Lipinski definition) is 4. The molecule has 2 heterocycles. The van der Waals surface area contributed by atoms with Gasteiger partial charge >= 0.3 is 0 Å². The third-order valence-corrected chi connectivity index (χ3v) is 4.18. The zero-order chi connectivity index (χ0) is 15.2. The summed E-state index contributed by atoms with van der Waals surface area (Å²) in [6.07, 6.45) is 3.17. The number of amides is 1. The van der Waals surface area contributed by atoms with E-state index in [1.54, 1.807) is 29.8 Å². The number of rotatable bonds is 3. The molecular weight excluding hydrogens is 282 g/mol. The molecule has 0 atom stereocenters. The van der Waals surface area contributed by atoms with E-state index in [-0.39, 0.29) is 12.5 Å². The van der Waals surface area contributed by atoms with Gasteiger partial charge in [0.05, 0.1) is 24.2 Å².